The predicted molar refractivity (Wildman–Crippen MR) is 199 cm³/mol. The second kappa shape index (κ2) is 9.50. The Kier molecular flexibility index (Phi) is 5.08. The summed E-state index contributed by atoms with van der Waals surface area (Å²) in [5.41, 5.74) is 6.71. The molecule has 0 saturated heterocycles. The van der Waals surface area contributed by atoms with E-state index in [0.717, 1.165) is 65.9 Å². The number of fused-ring (bicyclic) bond motifs is 13. The van der Waals surface area contributed by atoms with Gasteiger partial charge in [0.15, 0.2) is 0 Å². The number of para-hydroxylation sites is 1. The summed E-state index contributed by atoms with van der Waals surface area (Å²) in [6.07, 6.45) is 0. The highest BCUT2D eigenvalue weighted by Crippen LogP contribution is 2.43. The maximum Gasteiger partial charge on any atom is 0.235 e. The monoisotopic (exact) mass is 611 g/mol. The molecule has 0 atom stereocenters. The van der Waals surface area contributed by atoms with E-state index < -0.39 is 0 Å². The third kappa shape index (κ3) is 3.43. The Labute approximate surface area is 274 Å². The van der Waals surface area contributed by atoms with Gasteiger partial charge in [-0.05, 0) is 57.3 Å². The second-order valence-electron chi connectivity index (χ2n) is 12.5. The largest absolute Gasteiger partial charge is 0.455 e. The number of aromatic nitrogens is 3. The van der Waals surface area contributed by atoms with Gasteiger partial charge in [-0.2, -0.15) is 0 Å². The number of benzene rings is 8. The van der Waals surface area contributed by atoms with Gasteiger partial charge in [0, 0.05) is 37.9 Å². The minimum absolute atomic E-state index is 0.643. The molecule has 0 N–H and O–H groups in total. The molecule has 48 heavy (non-hydrogen) atoms. The standard InChI is InChI=1S/C44H25N3O/c1-4-13-29-26(10-1)21-24-36-40(29)41-30-14-5-2-11-27(30)22-25-37(41)47(36)44-45-35-18-8-7-16-32(35)42(46-44)33-17-9-19-38-39(33)34-23-20-28-12-3-6-15-31(28)43(34)48-38/h1-25H. The van der Waals surface area contributed by atoms with Crippen molar-refractivity contribution in [3.63, 3.8) is 0 Å². The van der Waals surface area contributed by atoms with Crippen LogP contribution in [0, 0.1) is 0 Å². The summed E-state index contributed by atoms with van der Waals surface area (Å²) < 4.78 is 8.84. The number of hydrogen-bond acceptors (Lipinski definition) is 3. The topological polar surface area (TPSA) is 43.9 Å². The Morgan fingerprint density at radius 1 is 0.417 bits per heavy atom. The number of furan rings is 1. The van der Waals surface area contributed by atoms with E-state index in [9.17, 15) is 0 Å². The zero-order valence-corrected chi connectivity index (χ0v) is 25.7. The molecule has 0 unspecified atom stereocenters. The zero-order valence-electron chi connectivity index (χ0n) is 25.7. The molecular weight excluding hydrogens is 587 g/mol. The first-order chi connectivity index (χ1) is 23.8. The van der Waals surface area contributed by atoms with Gasteiger partial charge in [0.05, 0.1) is 22.2 Å². The molecule has 0 amide bonds. The van der Waals surface area contributed by atoms with Crippen molar-refractivity contribution in [1.82, 2.24) is 14.5 Å². The maximum absolute atomic E-state index is 6.59. The van der Waals surface area contributed by atoms with Crippen molar-refractivity contribution in [2.75, 3.05) is 0 Å². The molecule has 11 aromatic rings. The van der Waals surface area contributed by atoms with E-state index in [1.54, 1.807) is 0 Å². The van der Waals surface area contributed by atoms with Crippen LogP contribution in [0.25, 0.3) is 104 Å². The van der Waals surface area contributed by atoms with Crippen LogP contribution in [0.5, 0.6) is 0 Å². The summed E-state index contributed by atoms with van der Waals surface area (Å²) in [5.74, 6) is 0.643. The van der Waals surface area contributed by atoms with Crippen molar-refractivity contribution in [2.45, 2.75) is 0 Å². The molecule has 0 radical (unpaired) electrons. The summed E-state index contributed by atoms with van der Waals surface area (Å²) in [5, 5.41) is 12.7. The van der Waals surface area contributed by atoms with E-state index >= 15 is 0 Å². The van der Waals surface area contributed by atoms with Crippen LogP contribution < -0.4 is 0 Å². The summed E-state index contributed by atoms with van der Waals surface area (Å²) in [6.45, 7) is 0. The first-order valence-electron chi connectivity index (χ1n) is 16.3. The Hall–Kier alpha value is -6.52. The van der Waals surface area contributed by atoms with Crippen LogP contribution in [0.1, 0.15) is 0 Å². The van der Waals surface area contributed by atoms with Crippen molar-refractivity contribution in [3.8, 4) is 17.2 Å². The highest BCUT2D eigenvalue weighted by Gasteiger charge is 2.22. The quantitative estimate of drug-likeness (QED) is 0.195. The van der Waals surface area contributed by atoms with E-state index in [1.165, 1.54) is 32.3 Å². The SMILES string of the molecule is c1ccc2c(c1)ccc1c2oc2cccc(-c3nc(-n4c5ccc6ccccc6c5c5c6ccccc6ccc54)nc4ccccc34)c21. The number of nitrogens with zero attached hydrogens (tertiary/aromatic N) is 3. The lowest BCUT2D eigenvalue weighted by Crippen LogP contribution is -2.03. The molecule has 0 fully saturated rings. The van der Waals surface area contributed by atoms with Crippen LogP contribution >= 0.6 is 0 Å². The Morgan fingerprint density at radius 3 is 1.71 bits per heavy atom. The van der Waals surface area contributed by atoms with Crippen LogP contribution in [0.4, 0.5) is 0 Å². The lowest BCUT2D eigenvalue weighted by atomic mass is 9.99. The first kappa shape index (κ1) is 25.6. The molecule has 4 nitrogen and oxygen atoms in total. The highest BCUT2D eigenvalue weighted by atomic mass is 16.3. The molecule has 11 rings (SSSR count). The van der Waals surface area contributed by atoms with Gasteiger partial charge < -0.3 is 4.42 Å². The van der Waals surface area contributed by atoms with Gasteiger partial charge in [0.2, 0.25) is 5.95 Å². The fourth-order valence-electron chi connectivity index (χ4n) is 7.88. The predicted octanol–water partition coefficient (Wildman–Crippen LogP) is 11.8. The average molecular weight is 612 g/mol. The van der Waals surface area contributed by atoms with Crippen molar-refractivity contribution < 1.29 is 4.42 Å². The Bertz CT molecular complexity index is 3040. The molecule has 3 aromatic heterocycles. The van der Waals surface area contributed by atoms with E-state index in [-0.39, 0.29) is 0 Å². The van der Waals surface area contributed by atoms with Crippen LogP contribution in [-0.4, -0.2) is 14.5 Å². The van der Waals surface area contributed by atoms with E-state index in [0.29, 0.717) is 5.95 Å². The zero-order chi connectivity index (χ0) is 31.3. The maximum atomic E-state index is 6.59. The minimum atomic E-state index is 0.643. The van der Waals surface area contributed by atoms with Gasteiger partial charge in [0.1, 0.15) is 11.2 Å². The molecule has 222 valence electrons. The average Bonchev–Trinajstić information content (AvgIpc) is 3.71. The smallest absolute Gasteiger partial charge is 0.235 e. The van der Waals surface area contributed by atoms with Gasteiger partial charge in [-0.25, -0.2) is 9.97 Å². The normalized spacial score (nSPS) is 12.2. The summed E-state index contributed by atoms with van der Waals surface area (Å²) in [7, 11) is 0. The van der Waals surface area contributed by atoms with E-state index in [2.05, 4.69) is 156 Å². The van der Waals surface area contributed by atoms with Crippen molar-refractivity contribution >= 4 is 87.0 Å². The van der Waals surface area contributed by atoms with E-state index in [4.69, 9.17) is 14.4 Å². The highest BCUT2D eigenvalue weighted by molar-refractivity contribution is 6.28. The van der Waals surface area contributed by atoms with Gasteiger partial charge in [-0.3, -0.25) is 4.57 Å². The molecule has 0 aliphatic rings. The van der Waals surface area contributed by atoms with Gasteiger partial charge in [-0.15, -0.1) is 0 Å². The Morgan fingerprint density at radius 2 is 1.00 bits per heavy atom. The van der Waals surface area contributed by atoms with Gasteiger partial charge in [-0.1, -0.05) is 121 Å². The first-order valence-corrected chi connectivity index (χ1v) is 16.3. The van der Waals surface area contributed by atoms with Gasteiger partial charge in [0.25, 0.3) is 0 Å². The number of hydrogen-bond donors (Lipinski definition) is 0. The molecule has 3 heterocycles. The Balaban J connectivity index is 1.28. The van der Waals surface area contributed by atoms with Crippen LogP contribution in [-0.2, 0) is 0 Å². The second-order valence-corrected chi connectivity index (χ2v) is 12.5. The molecule has 0 spiro atoms. The van der Waals surface area contributed by atoms with Crippen molar-refractivity contribution in [1.29, 1.82) is 0 Å². The fraction of sp³-hybridized carbons (Fsp3) is 0. The summed E-state index contributed by atoms with van der Waals surface area (Å²) in [6, 6.07) is 53.5. The van der Waals surface area contributed by atoms with Crippen LogP contribution in [0.3, 0.4) is 0 Å². The van der Waals surface area contributed by atoms with Crippen LogP contribution in [0.2, 0.25) is 0 Å². The molecular formula is C44H25N3O. The number of rotatable bonds is 2. The summed E-state index contributed by atoms with van der Waals surface area (Å²) >= 11 is 0. The molecule has 0 aliphatic carbocycles. The molecule has 0 bridgehead atoms. The fourth-order valence-corrected chi connectivity index (χ4v) is 7.88. The minimum Gasteiger partial charge on any atom is -0.455 e. The van der Waals surface area contributed by atoms with E-state index in [1.807, 2.05) is 0 Å². The molecule has 8 aromatic carbocycles. The summed E-state index contributed by atoms with van der Waals surface area (Å²) in [4.78, 5) is 10.7. The van der Waals surface area contributed by atoms with Crippen molar-refractivity contribution in [3.05, 3.63) is 152 Å². The molecule has 4 heteroatoms. The lowest BCUT2D eigenvalue weighted by molar-refractivity contribution is 0.673. The molecule has 0 aliphatic heterocycles. The van der Waals surface area contributed by atoms with Gasteiger partial charge >= 0.3 is 0 Å². The lowest BCUT2D eigenvalue weighted by Gasteiger charge is -2.12. The van der Waals surface area contributed by atoms with Crippen LogP contribution in [0.15, 0.2) is 156 Å². The molecule has 0 saturated carbocycles. The third-order valence-electron chi connectivity index (χ3n) is 9.98. The van der Waals surface area contributed by atoms with Crippen molar-refractivity contribution in [2.24, 2.45) is 0 Å². The third-order valence-corrected chi connectivity index (χ3v) is 9.98.